The topological polar surface area (TPSA) is 49.4 Å². The van der Waals surface area contributed by atoms with Crippen molar-refractivity contribution in [2.24, 2.45) is 11.8 Å². The van der Waals surface area contributed by atoms with Gasteiger partial charge in [-0.15, -0.1) is 0 Å². The van der Waals surface area contributed by atoms with Gasteiger partial charge in [-0.3, -0.25) is 9.59 Å². The van der Waals surface area contributed by atoms with Gasteiger partial charge in [0.25, 0.3) is 0 Å². The number of hydrogen-bond donors (Lipinski definition) is 1. The summed E-state index contributed by atoms with van der Waals surface area (Å²) >= 11 is 1.78. The second-order valence-corrected chi connectivity index (χ2v) is 6.76. The Morgan fingerprint density at radius 1 is 1.30 bits per heavy atom. The van der Waals surface area contributed by atoms with Gasteiger partial charge in [-0.1, -0.05) is 34.1 Å². The van der Waals surface area contributed by atoms with Gasteiger partial charge in [-0.05, 0) is 30.3 Å². The largest absolute Gasteiger partial charge is 0.342 e. The summed E-state index contributed by atoms with van der Waals surface area (Å²) in [6, 6.07) is -0.649. The minimum atomic E-state index is -0.350. The minimum Gasteiger partial charge on any atom is -0.342 e. The Balaban J connectivity index is 2.88. The summed E-state index contributed by atoms with van der Waals surface area (Å²) in [6.45, 7) is 8.86. The molecule has 0 aromatic heterocycles. The molecular formula is C15H28N2O2S. The Hall–Kier alpha value is -0.710. The first kappa shape index (κ1) is 17.3. The zero-order chi connectivity index (χ0) is 15.3. The molecule has 1 rings (SSSR count). The van der Waals surface area contributed by atoms with Crippen LogP contribution in [0.1, 0.15) is 40.5 Å². The summed E-state index contributed by atoms with van der Waals surface area (Å²) in [4.78, 5) is 26.7. The number of piperazine rings is 1. The molecule has 0 radical (unpaired) electrons. The molecule has 2 amide bonds. The van der Waals surface area contributed by atoms with Crippen molar-refractivity contribution >= 4 is 23.6 Å². The van der Waals surface area contributed by atoms with Crippen molar-refractivity contribution in [2.45, 2.75) is 52.6 Å². The van der Waals surface area contributed by atoms with Gasteiger partial charge in [0.1, 0.15) is 12.1 Å². The third-order valence-electron chi connectivity index (χ3n) is 4.09. The Kier molecular flexibility index (Phi) is 6.86. The Bertz CT molecular complexity index is 349. The van der Waals surface area contributed by atoms with Crippen LogP contribution in [0.3, 0.4) is 0 Å². The standard InChI is InChI=1S/C15H28N2O2S/c1-6-11(4)13-15(19)17(8-10(3)9-20-5)12(7-2)14(18)16-13/h10-13H,6-9H2,1-5H3,(H,16,18). The molecule has 0 bridgehead atoms. The molecule has 4 nitrogen and oxygen atoms in total. The highest BCUT2D eigenvalue weighted by Gasteiger charge is 2.41. The summed E-state index contributed by atoms with van der Waals surface area (Å²) < 4.78 is 0. The normalized spacial score (nSPS) is 26.4. The van der Waals surface area contributed by atoms with E-state index >= 15 is 0 Å². The van der Waals surface area contributed by atoms with Crippen LogP contribution in [0.4, 0.5) is 0 Å². The van der Waals surface area contributed by atoms with Crippen molar-refractivity contribution in [3.05, 3.63) is 0 Å². The molecule has 116 valence electrons. The fourth-order valence-electron chi connectivity index (χ4n) is 2.70. The van der Waals surface area contributed by atoms with Crippen molar-refractivity contribution in [1.82, 2.24) is 10.2 Å². The van der Waals surface area contributed by atoms with Crippen LogP contribution in [-0.4, -0.2) is 47.4 Å². The lowest BCUT2D eigenvalue weighted by atomic mass is 9.93. The molecular weight excluding hydrogens is 272 g/mol. The van der Waals surface area contributed by atoms with Crippen LogP contribution in [0.5, 0.6) is 0 Å². The maximum Gasteiger partial charge on any atom is 0.246 e. The highest BCUT2D eigenvalue weighted by Crippen LogP contribution is 2.21. The Morgan fingerprint density at radius 2 is 1.95 bits per heavy atom. The van der Waals surface area contributed by atoms with Gasteiger partial charge < -0.3 is 10.2 Å². The molecule has 20 heavy (non-hydrogen) atoms. The van der Waals surface area contributed by atoms with Gasteiger partial charge >= 0.3 is 0 Å². The third-order valence-corrected chi connectivity index (χ3v) is 4.99. The maximum atomic E-state index is 12.7. The molecule has 1 N–H and O–H groups in total. The first-order valence-corrected chi connectivity index (χ1v) is 8.95. The van der Waals surface area contributed by atoms with Gasteiger partial charge in [0.2, 0.25) is 11.8 Å². The number of rotatable bonds is 7. The summed E-state index contributed by atoms with van der Waals surface area (Å²) in [5.74, 6) is 1.71. The SMILES string of the molecule is CCC(C)C1NC(=O)C(CC)N(CC(C)CSC)C1=O. The van der Waals surface area contributed by atoms with E-state index < -0.39 is 0 Å². The molecule has 0 aromatic carbocycles. The van der Waals surface area contributed by atoms with Crippen molar-refractivity contribution in [1.29, 1.82) is 0 Å². The first-order valence-electron chi connectivity index (χ1n) is 7.55. The van der Waals surface area contributed by atoms with Gasteiger partial charge in [0.05, 0.1) is 0 Å². The van der Waals surface area contributed by atoms with Gasteiger partial charge in [0.15, 0.2) is 0 Å². The lowest BCUT2D eigenvalue weighted by Crippen LogP contribution is -2.65. The number of nitrogens with one attached hydrogen (secondary N) is 1. The quantitative estimate of drug-likeness (QED) is 0.783. The molecule has 1 aliphatic heterocycles. The maximum absolute atomic E-state index is 12.7. The van der Waals surface area contributed by atoms with E-state index in [-0.39, 0.29) is 29.8 Å². The summed E-state index contributed by atoms with van der Waals surface area (Å²) in [7, 11) is 0. The van der Waals surface area contributed by atoms with Crippen molar-refractivity contribution < 1.29 is 9.59 Å². The summed E-state index contributed by atoms with van der Waals surface area (Å²) in [6.07, 6.45) is 3.64. The molecule has 4 unspecified atom stereocenters. The number of nitrogens with zero attached hydrogens (tertiary/aromatic N) is 1. The van der Waals surface area contributed by atoms with Crippen molar-refractivity contribution in [2.75, 3.05) is 18.6 Å². The lowest BCUT2D eigenvalue weighted by molar-refractivity contribution is -0.151. The molecule has 1 fully saturated rings. The summed E-state index contributed by atoms with van der Waals surface area (Å²) in [5, 5.41) is 2.92. The van der Waals surface area contributed by atoms with Crippen LogP contribution in [0.15, 0.2) is 0 Å². The van der Waals surface area contributed by atoms with E-state index in [0.717, 1.165) is 12.2 Å². The van der Waals surface area contributed by atoms with Crippen LogP contribution in [0.25, 0.3) is 0 Å². The molecule has 1 heterocycles. The van der Waals surface area contributed by atoms with E-state index in [4.69, 9.17) is 0 Å². The Labute approximate surface area is 127 Å². The highest BCUT2D eigenvalue weighted by molar-refractivity contribution is 7.98. The van der Waals surface area contributed by atoms with Crippen LogP contribution in [0, 0.1) is 11.8 Å². The minimum absolute atomic E-state index is 0.00810. The second kappa shape index (κ2) is 7.91. The van der Waals surface area contributed by atoms with Gasteiger partial charge in [-0.25, -0.2) is 0 Å². The second-order valence-electron chi connectivity index (χ2n) is 5.85. The molecule has 0 aromatic rings. The Morgan fingerprint density at radius 3 is 2.45 bits per heavy atom. The number of amides is 2. The fourth-order valence-corrected chi connectivity index (χ4v) is 3.38. The monoisotopic (exact) mass is 300 g/mol. The number of hydrogen-bond acceptors (Lipinski definition) is 3. The molecule has 0 spiro atoms. The molecule has 5 heteroatoms. The lowest BCUT2D eigenvalue weighted by Gasteiger charge is -2.41. The van der Waals surface area contributed by atoms with Gasteiger partial charge in [0, 0.05) is 6.54 Å². The van der Waals surface area contributed by atoms with E-state index in [1.54, 1.807) is 11.8 Å². The number of carbonyl (C=O) groups is 2. The van der Waals surface area contributed by atoms with E-state index in [9.17, 15) is 9.59 Å². The third kappa shape index (κ3) is 3.90. The number of carbonyl (C=O) groups excluding carboxylic acids is 2. The molecule has 0 aliphatic carbocycles. The van der Waals surface area contributed by atoms with Crippen LogP contribution >= 0.6 is 11.8 Å². The average Bonchev–Trinajstić information content (AvgIpc) is 2.42. The molecule has 1 aliphatic rings. The molecule has 0 saturated carbocycles. The highest BCUT2D eigenvalue weighted by atomic mass is 32.2. The molecule has 1 saturated heterocycles. The van der Waals surface area contributed by atoms with Crippen molar-refractivity contribution in [3.8, 4) is 0 Å². The summed E-state index contributed by atoms with van der Waals surface area (Å²) in [5.41, 5.74) is 0. The van der Waals surface area contributed by atoms with E-state index in [2.05, 4.69) is 25.4 Å². The molecule has 4 atom stereocenters. The van der Waals surface area contributed by atoms with E-state index in [1.165, 1.54) is 0 Å². The van der Waals surface area contributed by atoms with Crippen LogP contribution in [-0.2, 0) is 9.59 Å². The zero-order valence-corrected chi connectivity index (χ0v) is 14.1. The van der Waals surface area contributed by atoms with E-state index in [0.29, 0.717) is 18.9 Å². The predicted molar refractivity (Wildman–Crippen MR) is 84.7 cm³/mol. The zero-order valence-electron chi connectivity index (χ0n) is 13.3. The van der Waals surface area contributed by atoms with Crippen LogP contribution in [0.2, 0.25) is 0 Å². The van der Waals surface area contributed by atoms with Crippen molar-refractivity contribution in [3.63, 3.8) is 0 Å². The fraction of sp³-hybridized carbons (Fsp3) is 0.867. The van der Waals surface area contributed by atoms with E-state index in [1.807, 2.05) is 18.7 Å². The van der Waals surface area contributed by atoms with Crippen LogP contribution < -0.4 is 5.32 Å². The first-order chi connectivity index (χ1) is 9.46. The predicted octanol–water partition coefficient (Wildman–Crippen LogP) is 2.14. The van der Waals surface area contributed by atoms with Gasteiger partial charge in [-0.2, -0.15) is 11.8 Å². The smallest absolute Gasteiger partial charge is 0.246 e. The average molecular weight is 300 g/mol. The number of thioether (sulfide) groups is 1.